The molecule has 186 valence electrons. The number of aromatic nitrogens is 2. The zero-order valence-corrected chi connectivity index (χ0v) is 21.4. The van der Waals surface area contributed by atoms with Crippen LogP contribution in [0.25, 0.3) is 10.2 Å². The Morgan fingerprint density at radius 2 is 1.86 bits per heavy atom. The number of hydrogen-bond acceptors (Lipinski definition) is 5. The van der Waals surface area contributed by atoms with Crippen LogP contribution in [0.2, 0.25) is 0 Å². The van der Waals surface area contributed by atoms with Crippen LogP contribution >= 0.6 is 23.1 Å². The minimum absolute atomic E-state index is 0.00825. The molecule has 0 aliphatic rings. The monoisotopic (exact) mass is 522 g/mol. The van der Waals surface area contributed by atoms with E-state index in [0.29, 0.717) is 33.0 Å². The van der Waals surface area contributed by atoms with Gasteiger partial charge in [0.25, 0.3) is 5.56 Å². The fourth-order valence-corrected chi connectivity index (χ4v) is 6.50. The van der Waals surface area contributed by atoms with E-state index < -0.39 is 23.0 Å². The summed E-state index contributed by atoms with van der Waals surface area (Å²) < 4.78 is 49.1. The molecule has 0 atom stereocenters. The molecule has 10 heteroatoms. The molecule has 0 fully saturated rings. The molecule has 4 aromatic rings. The van der Waals surface area contributed by atoms with Gasteiger partial charge in [0.1, 0.15) is 10.6 Å². The number of fused-ring (bicyclic) bond motifs is 1. The second kappa shape index (κ2) is 9.73. The number of aryl methyl sites for hydroxylation is 1. The highest BCUT2D eigenvalue weighted by atomic mass is 32.2. The SMILES string of the molecule is Cc1occc1SCc1c(Cc2ccccc2C(F)(F)F)sc2c1c(=O)n(C)c(=O)n2CC(C)C. The van der Waals surface area contributed by atoms with Gasteiger partial charge in [0, 0.05) is 35.5 Å². The standard InChI is InChI=1S/C25H25F3N2O3S2/c1-14(2)12-30-23-21(22(31)29(4)24(30)32)17(13-34-19-9-10-33-15(19)3)20(35-23)11-16-7-5-6-8-18(16)25(26,27)28/h5-10,14H,11-13H2,1-4H3. The molecule has 0 saturated carbocycles. The van der Waals surface area contributed by atoms with Crippen molar-refractivity contribution in [2.24, 2.45) is 13.0 Å². The largest absolute Gasteiger partial charge is 0.468 e. The lowest BCUT2D eigenvalue weighted by Crippen LogP contribution is -2.38. The maximum atomic E-state index is 13.7. The first-order valence-corrected chi connectivity index (χ1v) is 12.8. The quantitative estimate of drug-likeness (QED) is 0.270. The van der Waals surface area contributed by atoms with Crippen molar-refractivity contribution in [1.82, 2.24) is 9.13 Å². The van der Waals surface area contributed by atoms with Crippen molar-refractivity contribution >= 4 is 33.3 Å². The lowest BCUT2D eigenvalue weighted by Gasteiger charge is -2.13. The highest BCUT2D eigenvalue weighted by Crippen LogP contribution is 2.38. The zero-order chi connectivity index (χ0) is 25.5. The second-order valence-corrected chi connectivity index (χ2v) is 10.9. The number of nitrogens with zero attached hydrogens (tertiary/aromatic N) is 2. The first kappa shape index (κ1) is 25.4. The van der Waals surface area contributed by atoms with E-state index in [0.717, 1.165) is 21.3 Å². The highest BCUT2D eigenvalue weighted by molar-refractivity contribution is 7.98. The molecule has 0 N–H and O–H groups in total. The van der Waals surface area contributed by atoms with Crippen molar-refractivity contribution in [1.29, 1.82) is 0 Å². The van der Waals surface area contributed by atoms with Gasteiger partial charge in [-0.3, -0.25) is 13.9 Å². The van der Waals surface area contributed by atoms with Gasteiger partial charge in [0.15, 0.2) is 0 Å². The maximum absolute atomic E-state index is 13.7. The van der Waals surface area contributed by atoms with Crippen LogP contribution in [-0.2, 0) is 31.9 Å². The summed E-state index contributed by atoms with van der Waals surface area (Å²) in [7, 11) is 1.44. The first-order valence-electron chi connectivity index (χ1n) is 11.0. The van der Waals surface area contributed by atoms with Crippen LogP contribution in [-0.4, -0.2) is 9.13 Å². The van der Waals surface area contributed by atoms with Crippen LogP contribution in [0, 0.1) is 12.8 Å². The Labute approximate surface area is 208 Å². The van der Waals surface area contributed by atoms with Gasteiger partial charge in [0.05, 0.1) is 17.2 Å². The molecule has 0 radical (unpaired) electrons. The number of benzene rings is 1. The summed E-state index contributed by atoms with van der Waals surface area (Å²) in [5.74, 6) is 1.22. The molecule has 5 nitrogen and oxygen atoms in total. The van der Waals surface area contributed by atoms with Crippen LogP contribution in [0.15, 0.2) is 55.5 Å². The van der Waals surface area contributed by atoms with Gasteiger partial charge in [0.2, 0.25) is 0 Å². The number of thiophene rings is 1. The van der Waals surface area contributed by atoms with Crippen LogP contribution in [0.3, 0.4) is 0 Å². The fourth-order valence-electron chi connectivity index (χ4n) is 4.05. The molecule has 0 saturated heterocycles. The van der Waals surface area contributed by atoms with E-state index in [1.54, 1.807) is 16.9 Å². The lowest BCUT2D eigenvalue weighted by atomic mass is 10.0. The number of thioether (sulfide) groups is 1. The number of furan rings is 1. The summed E-state index contributed by atoms with van der Waals surface area (Å²) in [5, 5.41) is 0.394. The molecule has 1 aromatic carbocycles. The Kier molecular flexibility index (Phi) is 7.06. The highest BCUT2D eigenvalue weighted by Gasteiger charge is 2.33. The van der Waals surface area contributed by atoms with E-state index in [4.69, 9.17) is 4.42 Å². The fraction of sp³-hybridized carbons (Fsp3) is 0.360. The topological polar surface area (TPSA) is 57.1 Å². The minimum atomic E-state index is -4.49. The van der Waals surface area contributed by atoms with Crippen molar-refractivity contribution < 1.29 is 17.6 Å². The van der Waals surface area contributed by atoms with Gasteiger partial charge in [-0.05, 0) is 36.1 Å². The van der Waals surface area contributed by atoms with Gasteiger partial charge in [-0.15, -0.1) is 23.1 Å². The average molecular weight is 523 g/mol. The molecule has 3 heterocycles. The van der Waals surface area contributed by atoms with E-state index in [1.165, 1.54) is 42.3 Å². The van der Waals surface area contributed by atoms with E-state index in [1.807, 2.05) is 26.8 Å². The Balaban J connectivity index is 1.94. The molecule has 3 aromatic heterocycles. The molecule has 0 unspecified atom stereocenters. The van der Waals surface area contributed by atoms with Gasteiger partial charge < -0.3 is 4.42 Å². The molecule has 0 bridgehead atoms. The second-order valence-electron chi connectivity index (χ2n) is 8.80. The van der Waals surface area contributed by atoms with Crippen molar-refractivity contribution in [3.8, 4) is 0 Å². The normalized spacial score (nSPS) is 12.2. The van der Waals surface area contributed by atoms with Crippen LogP contribution in [0.4, 0.5) is 13.2 Å². The predicted octanol–water partition coefficient (Wildman–Crippen LogP) is 6.22. The van der Waals surface area contributed by atoms with Crippen LogP contribution in [0.5, 0.6) is 0 Å². The summed E-state index contributed by atoms with van der Waals surface area (Å²) in [6.45, 7) is 6.16. The Morgan fingerprint density at radius 3 is 2.49 bits per heavy atom. The van der Waals surface area contributed by atoms with Gasteiger partial charge in [-0.2, -0.15) is 13.2 Å². The number of alkyl halides is 3. The third-order valence-electron chi connectivity index (χ3n) is 5.76. The molecule has 0 spiro atoms. The van der Waals surface area contributed by atoms with Gasteiger partial charge in [-0.1, -0.05) is 32.0 Å². The van der Waals surface area contributed by atoms with Crippen molar-refractivity contribution in [3.63, 3.8) is 0 Å². The van der Waals surface area contributed by atoms with Gasteiger partial charge >= 0.3 is 11.9 Å². The maximum Gasteiger partial charge on any atom is 0.416 e. The number of halogens is 3. The van der Waals surface area contributed by atoms with Gasteiger partial charge in [-0.25, -0.2) is 4.79 Å². The summed E-state index contributed by atoms with van der Waals surface area (Å²) in [6, 6.07) is 7.30. The smallest absolute Gasteiger partial charge is 0.416 e. The first-order chi connectivity index (χ1) is 16.5. The van der Waals surface area contributed by atoms with E-state index in [9.17, 15) is 22.8 Å². The molecule has 0 aliphatic carbocycles. The summed E-state index contributed by atoms with van der Waals surface area (Å²) in [4.78, 5) is 28.3. The average Bonchev–Trinajstić information content (AvgIpc) is 3.36. The molecular formula is C25H25F3N2O3S2. The van der Waals surface area contributed by atoms with E-state index in [-0.39, 0.29) is 17.9 Å². The Hall–Kier alpha value is -2.72. The van der Waals surface area contributed by atoms with Crippen LogP contribution in [0.1, 0.15) is 41.2 Å². The molecule has 4 rings (SSSR count). The molecular weight excluding hydrogens is 497 g/mol. The van der Waals surface area contributed by atoms with Crippen molar-refractivity contribution in [3.05, 3.63) is 84.8 Å². The summed E-state index contributed by atoms with van der Waals surface area (Å²) in [6.07, 6.45) is -2.91. The Morgan fingerprint density at radius 1 is 1.14 bits per heavy atom. The van der Waals surface area contributed by atoms with E-state index in [2.05, 4.69) is 0 Å². The third kappa shape index (κ3) is 4.99. The third-order valence-corrected chi connectivity index (χ3v) is 8.18. The predicted molar refractivity (Wildman–Crippen MR) is 133 cm³/mol. The lowest BCUT2D eigenvalue weighted by molar-refractivity contribution is -0.138. The van der Waals surface area contributed by atoms with E-state index >= 15 is 0 Å². The Bertz CT molecular complexity index is 1490. The molecule has 0 amide bonds. The molecule has 35 heavy (non-hydrogen) atoms. The van der Waals surface area contributed by atoms with Crippen LogP contribution < -0.4 is 11.2 Å². The number of rotatable bonds is 7. The van der Waals surface area contributed by atoms with Crippen molar-refractivity contribution in [2.45, 2.75) is 50.6 Å². The van der Waals surface area contributed by atoms with Crippen molar-refractivity contribution in [2.75, 3.05) is 0 Å². The zero-order valence-electron chi connectivity index (χ0n) is 19.7. The molecule has 0 aliphatic heterocycles. The minimum Gasteiger partial charge on any atom is -0.468 e. The summed E-state index contributed by atoms with van der Waals surface area (Å²) >= 11 is 2.69. The number of hydrogen-bond donors (Lipinski definition) is 0. The summed E-state index contributed by atoms with van der Waals surface area (Å²) in [5.41, 5.74) is -0.771.